The summed E-state index contributed by atoms with van der Waals surface area (Å²) in [6.07, 6.45) is 1.48. The molecule has 0 fully saturated rings. The molecule has 0 saturated heterocycles. The van der Waals surface area contributed by atoms with E-state index in [1.807, 2.05) is 24.3 Å². The van der Waals surface area contributed by atoms with E-state index >= 15 is 0 Å². The number of anilines is 1. The molecule has 0 radical (unpaired) electrons. The molecule has 0 unspecified atom stereocenters. The minimum Gasteiger partial charge on any atom is -0.481 e. The van der Waals surface area contributed by atoms with Gasteiger partial charge in [-0.15, -0.1) is 0 Å². The summed E-state index contributed by atoms with van der Waals surface area (Å²) < 4.78 is 5.84. The summed E-state index contributed by atoms with van der Waals surface area (Å²) in [4.78, 5) is 15.9. The van der Waals surface area contributed by atoms with Gasteiger partial charge in [0.2, 0.25) is 5.88 Å². The Hall–Kier alpha value is -1.88. The largest absolute Gasteiger partial charge is 0.481 e. The number of amides is 1. The summed E-state index contributed by atoms with van der Waals surface area (Å²) in [5.41, 5.74) is 1.21. The van der Waals surface area contributed by atoms with E-state index < -0.39 is 0 Å². The molecule has 5 heteroatoms. The highest BCUT2D eigenvalue weighted by Gasteiger charge is 2.06. The van der Waals surface area contributed by atoms with Gasteiger partial charge in [0.1, 0.15) is 0 Å². The van der Waals surface area contributed by atoms with E-state index in [1.54, 1.807) is 12.1 Å². The van der Waals surface area contributed by atoms with Crippen LogP contribution in [0.15, 0.2) is 47.1 Å². The summed E-state index contributed by atoms with van der Waals surface area (Å²) >= 11 is 3.35. The van der Waals surface area contributed by atoms with Crippen LogP contribution in [0.2, 0.25) is 0 Å². The first-order valence-corrected chi connectivity index (χ1v) is 6.05. The Morgan fingerprint density at radius 2 is 2.17 bits per heavy atom. The second-order valence-corrected chi connectivity index (χ2v) is 4.47. The first-order chi connectivity index (χ1) is 8.69. The van der Waals surface area contributed by atoms with Crippen molar-refractivity contribution >= 4 is 27.5 Å². The number of pyridine rings is 1. The predicted octanol–water partition coefficient (Wildman–Crippen LogP) is 3.11. The van der Waals surface area contributed by atoms with Crippen LogP contribution in [0.25, 0.3) is 0 Å². The van der Waals surface area contributed by atoms with Crippen molar-refractivity contribution in [3.8, 4) is 5.88 Å². The van der Waals surface area contributed by atoms with E-state index in [4.69, 9.17) is 4.74 Å². The minimum absolute atomic E-state index is 0.205. The first kappa shape index (κ1) is 12.6. The van der Waals surface area contributed by atoms with E-state index in [0.717, 1.165) is 10.2 Å². The molecule has 1 aromatic carbocycles. The molecule has 1 heterocycles. The van der Waals surface area contributed by atoms with E-state index in [0.29, 0.717) is 11.4 Å². The zero-order valence-corrected chi connectivity index (χ0v) is 11.3. The first-order valence-electron chi connectivity index (χ1n) is 5.26. The van der Waals surface area contributed by atoms with Gasteiger partial charge in [0.05, 0.1) is 12.7 Å². The fourth-order valence-electron chi connectivity index (χ4n) is 1.40. The van der Waals surface area contributed by atoms with Gasteiger partial charge in [-0.2, -0.15) is 0 Å². The third-order valence-corrected chi connectivity index (χ3v) is 2.78. The number of nitrogens with zero attached hydrogens (tertiary/aromatic N) is 1. The lowest BCUT2D eigenvalue weighted by Crippen LogP contribution is -2.12. The third kappa shape index (κ3) is 3.07. The highest BCUT2D eigenvalue weighted by molar-refractivity contribution is 9.10. The summed E-state index contributed by atoms with van der Waals surface area (Å²) in [6.45, 7) is 0. The van der Waals surface area contributed by atoms with Crippen LogP contribution in [0, 0.1) is 0 Å². The van der Waals surface area contributed by atoms with Gasteiger partial charge in [0.25, 0.3) is 5.91 Å². The number of carbonyl (C=O) groups excluding carboxylic acids is 1. The number of hydrogen-bond donors (Lipinski definition) is 1. The van der Waals surface area contributed by atoms with E-state index in [1.165, 1.54) is 13.3 Å². The quantitative estimate of drug-likeness (QED) is 0.948. The average Bonchev–Trinajstić information content (AvgIpc) is 2.39. The number of ether oxygens (including phenoxy) is 1. The van der Waals surface area contributed by atoms with Crippen molar-refractivity contribution in [3.05, 3.63) is 52.6 Å². The molecule has 2 aromatic rings. The van der Waals surface area contributed by atoms with Crippen LogP contribution in [-0.2, 0) is 0 Å². The van der Waals surface area contributed by atoms with Gasteiger partial charge >= 0.3 is 0 Å². The predicted molar refractivity (Wildman–Crippen MR) is 72.9 cm³/mol. The van der Waals surface area contributed by atoms with Crippen molar-refractivity contribution in [2.75, 3.05) is 12.4 Å². The number of aromatic nitrogens is 1. The number of rotatable bonds is 3. The van der Waals surface area contributed by atoms with Crippen LogP contribution in [0.5, 0.6) is 5.88 Å². The molecule has 0 aliphatic carbocycles. The van der Waals surface area contributed by atoms with Crippen molar-refractivity contribution in [1.29, 1.82) is 0 Å². The van der Waals surface area contributed by atoms with Crippen molar-refractivity contribution in [2.24, 2.45) is 0 Å². The molecule has 2 rings (SSSR count). The number of hydrogen-bond acceptors (Lipinski definition) is 3. The lowest BCUT2D eigenvalue weighted by molar-refractivity contribution is 0.102. The highest BCUT2D eigenvalue weighted by atomic mass is 79.9. The SMILES string of the molecule is COc1ccc(C(=O)Nc2cccc(Br)c2)cn1. The molecule has 0 atom stereocenters. The highest BCUT2D eigenvalue weighted by Crippen LogP contribution is 2.16. The average molecular weight is 307 g/mol. The topological polar surface area (TPSA) is 51.2 Å². The second kappa shape index (κ2) is 5.64. The molecular formula is C13H11BrN2O2. The molecule has 1 aromatic heterocycles. The van der Waals surface area contributed by atoms with Crippen LogP contribution >= 0.6 is 15.9 Å². The molecule has 0 aliphatic heterocycles. The maximum atomic E-state index is 11.9. The van der Waals surface area contributed by atoms with Gasteiger partial charge < -0.3 is 10.1 Å². The van der Waals surface area contributed by atoms with Crippen molar-refractivity contribution in [3.63, 3.8) is 0 Å². The maximum Gasteiger partial charge on any atom is 0.257 e. The zero-order chi connectivity index (χ0) is 13.0. The molecular weight excluding hydrogens is 296 g/mol. The van der Waals surface area contributed by atoms with Gasteiger partial charge in [-0.25, -0.2) is 4.98 Å². The van der Waals surface area contributed by atoms with Crippen LogP contribution in [0.3, 0.4) is 0 Å². The van der Waals surface area contributed by atoms with Gasteiger partial charge in [-0.05, 0) is 24.3 Å². The number of methoxy groups -OCH3 is 1. The Bertz CT molecular complexity index is 555. The monoisotopic (exact) mass is 306 g/mol. The number of nitrogens with one attached hydrogen (secondary N) is 1. The summed E-state index contributed by atoms with van der Waals surface area (Å²) in [5.74, 6) is 0.275. The molecule has 0 aliphatic rings. The maximum absolute atomic E-state index is 11.9. The van der Waals surface area contributed by atoms with Gasteiger partial charge in [-0.3, -0.25) is 4.79 Å². The van der Waals surface area contributed by atoms with E-state index in [2.05, 4.69) is 26.2 Å². The van der Waals surface area contributed by atoms with Crippen LogP contribution in [0.1, 0.15) is 10.4 Å². The molecule has 1 amide bonds. The van der Waals surface area contributed by atoms with Crippen molar-refractivity contribution in [2.45, 2.75) is 0 Å². The van der Waals surface area contributed by atoms with Crippen LogP contribution in [-0.4, -0.2) is 18.0 Å². The van der Waals surface area contributed by atoms with Gasteiger partial charge in [0.15, 0.2) is 0 Å². The van der Waals surface area contributed by atoms with Crippen LogP contribution < -0.4 is 10.1 Å². The number of benzene rings is 1. The third-order valence-electron chi connectivity index (χ3n) is 2.29. The molecule has 92 valence electrons. The normalized spacial score (nSPS) is 9.89. The van der Waals surface area contributed by atoms with Gasteiger partial charge in [0, 0.05) is 22.4 Å². The van der Waals surface area contributed by atoms with E-state index in [9.17, 15) is 4.79 Å². The Balaban J connectivity index is 2.11. The Labute approximate surface area is 113 Å². The molecule has 0 saturated carbocycles. The Kier molecular flexibility index (Phi) is 3.94. The lowest BCUT2D eigenvalue weighted by atomic mass is 10.2. The summed E-state index contributed by atoms with van der Waals surface area (Å²) in [5, 5.41) is 2.79. The number of halogens is 1. The fraction of sp³-hybridized carbons (Fsp3) is 0.0769. The standard InChI is InChI=1S/C13H11BrN2O2/c1-18-12-6-5-9(8-15-12)13(17)16-11-4-2-3-10(14)7-11/h2-8H,1H3,(H,16,17). The molecule has 0 bridgehead atoms. The van der Waals surface area contributed by atoms with E-state index in [-0.39, 0.29) is 5.91 Å². The second-order valence-electron chi connectivity index (χ2n) is 3.55. The van der Waals surface area contributed by atoms with Crippen molar-refractivity contribution in [1.82, 2.24) is 4.98 Å². The van der Waals surface area contributed by atoms with Crippen LogP contribution in [0.4, 0.5) is 5.69 Å². The minimum atomic E-state index is -0.205. The summed E-state index contributed by atoms with van der Waals surface area (Å²) in [6, 6.07) is 10.7. The van der Waals surface area contributed by atoms with Gasteiger partial charge in [-0.1, -0.05) is 22.0 Å². The molecule has 4 nitrogen and oxygen atoms in total. The smallest absolute Gasteiger partial charge is 0.257 e. The lowest BCUT2D eigenvalue weighted by Gasteiger charge is -2.05. The number of carbonyl (C=O) groups is 1. The molecule has 0 spiro atoms. The molecule has 18 heavy (non-hydrogen) atoms. The molecule has 1 N–H and O–H groups in total. The summed E-state index contributed by atoms with van der Waals surface area (Å²) in [7, 11) is 1.53. The Morgan fingerprint density at radius 1 is 1.33 bits per heavy atom. The Morgan fingerprint density at radius 3 is 2.78 bits per heavy atom. The zero-order valence-electron chi connectivity index (χ0n) is 9.68. The fourth-order valence-corrected chi connectivity index (χ4v) is 1.80. The van der Waals surface area contributed by atoms with Crippen molar-refractivity contribution < 1.29 is 9.53 Å².